The van der Waals surface area contributed by atoms with Gasteiger partial charge in [0.2, 0.25) is 0 Å². The van der Waals surface area contributed by atoms with Crippen LogP contribution >= 0.6 is 11.3 Å². The van der Waals surface area contributed by atoms with E-state index in [-0.39, 0.29) is 13.0 Å². The number of nitrogens with two attached hydrogens (primary N) is 1. The Morgan fingerprint density at radius 2 is 2.33 bits per heavy atom. The zero-order valence-electron chi connectivity index (χ0n) is 9.46. The minimum atomic E-state index is -0.891. The van der Waals surface area contributed by atoms with Crippen molar-refractivity contribution in [3.05, 3.63) is 35.0 Å². The first-order valence-corrected chi connectivity index (χ1v) is 6.09. The lowest BCUT2D eigenvalue weighted by Gasteiger charge is -1.99. The molecule has 0 aliphatic carbocycles. The lowest BCUT2D eigenvalue weighted by molar-refractivity contribution is -0.136. The Morgan fingerprint density at radius 3 is 2.94 bits per heavy atom. The molecule has 94 valence electrons. The maximum atomic E-state index is 10.7. The number of hydrogen-bond acceptors (Lipinski definition) is 6. The van der Waals surface area contributed by atoms with E-state index in [9.17, 15) is 4.79 Å². The second-order valence-corrected chi connectivity index (χ2v) is 4.59. The fraction of sp³-hybridized carbons (Fsp3) is 0.182. The van der Waals surface area contributed by atoms with Gasteiger partial charge in [-0.1, -0.05) is 6.07 Å². The fourth-order valence-electron chi connectivity index (χ4n) is 1.42. The number of hydrogen-bond donors (Lipinski definition) is 3. The van der Waals surface area contributed by atoms with Crippen molar-refractivity contribution in [3.8, 4) is 0 Å². The first-order valence-electron chi connectivity index (χ1n) is 5.27. The minimum absolute atomic E-state index is 0.0614. The van der Waals surface area contributed by atoms with Crippen LogP contribution in [0.3, 0.4) is 0 Å². The molecule has 0 saturated carbocycles. The van der Waals surface area contributed by atoms with Gasteiger partial charge in [0.1, 0.15) is 5.82 Å². The summed E-state index contributed by atoms with van der Waals surface area (Å²) in [5.41, 5.74) is 6.15. The molecule has 0 spiro atoms. The van der Waals surface area contributed by atoms with E-state index >= 15 is 0 Å². The van der Waals surface area contributed by atoms with Gasteiger partial charge in [-0.05, 0) is 12.1 Å². The zero-order chi connectivity index (χ0) is 13.0. The number of aliphatic carboxylic acids is 1. The molecule has 0 aliphatic heterocycles. The van der Waals surface area contributed by atoms with Gasteiger partial charge in [0.05, 0.1) is 12.1 Å². The standard InChI is InChI=1S/C11H12N4O2S/c12-6-7-8(5-10(16)17)18-11(14-7)15-9-3-1-2-4-13-9/h1-4H,5-6,12H2,(H,16,17)(H,13,14,15). The first-order chi connectivity index (χ1) is 8.69. The molecule has 2 heterocycles. The van der Waals surface area contributed by atoms with E-state index in [4.69, 9.17) is 10.8 Å². The van der Waals surface area contributed by atoms with Gasteiger partial charge < -0.3 is 16.2 Å². The van der Waals surface area contributed by atoms with Crippen LogP contribution in [0.25, 0.3) is 0 Å². The average molecular weight is 264 g/mol. The van der Waals surface area contributed by atoms with Crippen molar-refractivity contribution >= 4 is 28.3 Å². The van der Waals surface area contributed by atoms with E-state index in [0.717, 1.165) is 0 Å². The summed E-state index contributed by atoms with van der Waals surface area (Å²) in [7, 11) is 0. The Balaban J connectivity index is 2.19. The van der Waals surface area contributed by atoms with E-state index in [1.165, 1.54) is 11.3 Å². The molecule has 0 radical (unpaired) electrons. The monoisotopic (exact) mass is 264 g/mol. The second-order valence-electron chi connectivity index (χ2n) is 3.50. The van der Waals surface area contributed by atoms with E-state index in [1.807, 2.05) is 12.1 Å². The van der Waals surface area contributed by atoms with Crippen LogP contribution in [-0.2, 0) is 17.8 Å². The maximum absolute atomic E-state index is 10.7. The average Bonchev–Trinajstić information content (AvgIpc) is 2.71. The number of aromatic nitrogens is 2. The zero-order valence-corrected chi connectivity index (χ0v) is 10.3. The summed E-state index contributed by atoms with van der Waals surface area (Å²) >= 11 is 1.28. The summed E-state index contributed by atoms with van der Waals surface area (Å²) < 4.78 is 0. The number of carbonyl (C=O) groups is 1. The van der Waals surface area contributed by atoms with Gasteiger partial charge in [-0.2, -0.15) is 0 Å². The molecule has 2 aromatic rings. The van der Waals surface area contributed by atoms with Gasteiger partial charge in [-0.3, -0.25) is 4.79 Å². The quantitative estimate of drug-likeness (QED) is 0.754. The van der Waals surface area contributed by atoms with Gasteiger partial charge in [0.25, 0.3) is 0 Å². The van der Waals surface area contributed by atoms with E-state index in [1.54, 1.807) is 12.3 Å². The van der Waals surface area contributed by atoms with Crippen LogP contribution in [0.2, 0.25) is 0 Å². The number of carboxylic acid groups (broad SMARTS) is 1. The summed E-state index contributed by atoms with van der Waals surface area (Å²) in [6.07, 6.45) is 1.60. The summed E-state index contributed by atoms with van der Waals surface area (Å²) in [5.74, 6) is -0.227. The van der Waals surface area contributed by atoms with Crippen LogP contribution in [0.5, 0.6) is 0 Å². The van der Waals surface area contributed by atoms with Crippen molar-refractivity contribution in [1.82, 2.24) is 9.97 Å². The van der Waals surface area contributed by atoms with Crippen LogP contribution in [0.15, 0.2) is 24.4 Å². The molecule has 18 heavy (non-hydrogen) atoms. The van der Waals surface area contributed by atoms with Crippen molar-refractivity contribution in [3.63, 3.8) is 0 Å². The molecule has 0 aromatic carbocycles. The minimum Gasteiger partial charge on any atom is -0.481 e. The molecule has 2 aromatic heterocycles. The van der Waals surface area contributed by atoms with Crippen molar-refractivity contribution in [2.45, 2.75) is 13.0 Å². The van der Waals surface area contributed by atoms with Crippen molar-refractivity contribution < 1.29 is 9.90 Å². The molecule has 2 rings (SSSR count). The summed E-state index contributed by atoms with van der Waals surface area (Å²) in [6, 6.07) is 5.47. The Labute approximate surface area is 108 Å². The van der Waals surface area contributed by atoms with Gasteiger partial charge in [0.15, 0.2) is 5.13 Å². The van der Waals surface area contributed by atoms with E-state index < -0.39 is 5.97 Å². The third-order valence-electron chi connectivity index (χ3n) is 2.18. The molecule has 0 amide bonds. The highest BCUT2D eigenvalue weighted by atomic mass is 32.1. The number of rotatable bonds is 5. The molecule has 0 atom stereocenters. The molecular formula is C11H12N4O2S. The number of pyridine rings is 1. The first kappa shape index (κ1) is 12.5. The Bertz CT molecular complexity index is 541. The highest BCUT2D eigenvalue weighted by Crippen LogP contribution is 2.25. The van der Waals surface area contributed by atoms with Crippen LogP contribution in [0.1, 0.15) is 10.6 Å². The molecule has 0 bridgehead atoms. The Kier molecular flexibility index (Phi) is 3.85. The number of thiazole rings is 1. The molecule has 4 N–H and O–H groups in total. The van der Waals surface area contributed by atoms with Gasteiger partial charge in [-0.25, -0.2) is 9.97 Å². The van der Waals surface area contributed by atoms with E-state index in [0.29, 0.717) is 21.5 Å². The third-order valence-corrected chi connectivity index (χ3v) is 3.20. The lowest BCUT2D eigenvalue weighted by atomic mass is 10.3. The van der Waals surface area contributed by atoms with Crippen molar-refractivity contribution in [2.75, 3.05) is 5.32 Å². The SMILES string of the molecule is NCc1nc(Nc2ccccn2)sc1CC(=O)O. The van der Waals surface area contributed by atoms with Crippen LogP contribution < -0.4 is 11.1 Å². The van der Waals surface area contributed by atoms with Gasteiger partial charge in [0, 0.05) is 17.6 Å². The van der Waals surface area contributed by atoms with Crippen molar-refractivity contribution in [1.29, 1.82) is 0 Å². The van der Waals surface area contributed by atoms with Crippen LogP contribution in [0, 0.1) is 0 Å². The summed E-state index contributed by atoms with van der Waals surface area (Å²) in [5, 5.41) is 12.4. The topological polar surface area (TPSA) is 101 Å². The molecule has 0 fully saturated rings. The summed E-state index contributed by atoms with van der Waals surface area (Å²) in [6.45, 7) is 0.225. The highest BCUT2D eigenvalue weighted by molar-refractivity contribution is 7.15. The molecular weight excluding hydrogens is 252 g/mol. The molecule has 7 heteroatoms. The molecule has 0 aliphatic rings. The van der Waals surface area contributed by atoms with Crippen LogP contribution in [-0.4, -0.2) is 21.0 Å². The Hall–Kier alpha value is -1.99. The normalized spacial score (nSPS) is 10.3. The fourth-order valence-corrected chi connectivity index (χ4v) is 2.41. The highest BCUT2D eigenvalue weighted by Gasteiger charge is 2.13. The maximum Gasteiger partial charge on any atom is 0.308 e. The van der Waals surface area contributed by atoms with Gasteiger partial charge in [-0.15, -0.1) is 11.3 Å². The lowest BCUT2D eigenvalue weighted by Crippen LogP contribution is -2.04. The number of anilines is 2. The molecule has 0 unspecified atom stereocenters. The second kappa shape index (κ2) is 5.56. The van der Waals surface area contributed by atoms with Crippen LogP contribution in [0.4, 0.5) is 10.9 Å². The van der Waals surface area contributed by atoms with E-state index in [2.05, 4.69) is 15.3 Å². The van der Waals surface area contributed by atoms with Gasteiger partial charge >= 0.3 is 5.97 Å². The smallest absolute Gasteiger partial charge is 0.308 e. The molecule has 6 nitrogen and oxygen atoms in total. The third kappa shape index (κ3) is 3.02. The summed E-state index contributed by atoms with van der Waals surface area (Å²) in [4.78, 5) is 19.7. The molecule has 0 saturated heterocycles. The number of nitrogens with one attached hydrogen (secondary N) is 1. The number of nitrogens with zero attached hydrogens (tertiary/aromatic N) is 2. The predicted octanol–water partition coefficient (Wildman–Crippen LogP) is 1.37. The largest absolute Gasteiger partial charge is 0.481 e. The Morgan fingerprint density at radius 1 is 1.50 bits per heavy atom. The predicted molar refractivity (Wildman–Crippen MR) is 68.9 cm³/mol. The number of carboxylic acids is 1. The van der Waals surface area contributed by atoms with Crippen molar-refractivity contribution in [2.24, 2.45) is 5.73 Å².